The van der Waals surface area contributed by atoms with Crippen LogP contribution in [-0.4, -0.2) is 16.6 Å². The quantitative estimate of drug-likeness (QED) is 0.529. The third-order valence-electron chi connectivity index (χ3n) is 2.20. The van der Waals surface area contributed by atoms with E-state index in [4.69, 9.17) is 0 Å². The van der Waals surface area contributed by atoms with Crippen molar-refractivity contribution in [2.45, 2.75) is 26.8 Å². The molecular formula is C11H15NO2. The van der Waals surface area contributed by atoms with Gasteiger partial charge < -0.3 is 9.36 Å². The van der Waals surface area contributed by atoms with Crippen molar-refractivity contribution in [3.8, 4) is 0 Å². The van der Waals surface area contributed by atoms with Gasteiger partial charge in [0.15, 0.2) is 5.78 Å². The van der Waals surface area contributed by atoms with Gasteiger partial charge in [-0.25, -0.2) is 0 Å². The molecule has 14 heavy (non-hydrogen) atoms. The molecule has 0 spiro atoms. The number of rotatable bonds is 5. The predicted molar refractivity (Wildman–Crippen MR) is 54.3 cm³/mol. The van der Waals surface area contributed by atoms with Crippen molar-refractivity contribution in [3.63, 3.8) is 0 Å². The second-order valence-electron chi connectivity index (χ2n) is 3.61. The smallest absolute Gasteiger partial charge is 0.176 e. The van der Waals surface area contributed by atoms with Crippen LogP contribution in [0.4, 0.5) is 0 Å². The molecule has 0 amide bonds. The van der Waals surface area contributed by atoms with Crippen molar-refractivity contribution in [2.24, 2.45) is 5.92 Å². The summed E-state index contributed by atoms with van der Waals surface area (Å²) in [7, 11) is 0. The Kier molecular flexibility index (Phi) is 3.63. The fourth-order valence-corrected chi connectivity index (χ4v) is 1.47. The Morgan fingerprint density at radius 2 is 2.36 bits per heavy atom. The molecule has 76 valence electrons. The summed E-state index contributed by atoms with van der Waals surface area (Å²) in [4.78, 5) is 21.5. The first-order valence-electron chi connectivity index (χ1n) is 4.75. The zero-order valence-electron chi connectivity index (χ0n) is 8.56. The van der Waals surface area contributed by atoms with Crippen molar-refractivity contribution in [1.82, 2.24) is 4.57 Å². The van der Waals surface area contributed by atoms with E-state index in [9.17, 15) is 9.59 Å². The van der Waals surface area contributed by atoms with Crippen molar-refractivity contribution in [3.05, 3.63) is 24.0 Å². The predicted octanol–water partition coefficient (Wildman–Crippen LogP) is 1.92. The van der Waals surface area contributed by atoms with E-state index in [1.807, 2.05) is 23.8 Å². The maximum absolute atomic E-state index is 11.2. The standard InChI is InChI=1S/C11H15NO2/c1-9(5-7-13)8-12-6-3-4-11(12)10(2)14/h3-4,6-7,9H,5,8H2,1-2H3. The lowest BCUT2D eigenvalue weighted by molar-refractivity contribution is -0.108. The first-order valence-corrected chi connectivity index (χ1v) is 4.75. The fraction of sp³-hybridized carbons (Fsp3) is 0.455. The molecule has 0 bridgehead atoms. The molecule has 0 fully saturated rings. The zero-order chi connectivity index (χ0) is 10.6. The van der Waals surface area contributed by atoms with Crippen molar-refractivity contribution < 1.29 is 9.59 Å². The molecule has 1 aromatic heterocycles. The lowest BCUT2D eigenvalue weighted by atomic mass is 10.1. The number of aromatic nitrogens is 1. The molecule has 0 radical (unpaired) electrons. The molecule has 1 aromatic rings. The molecular weight excluding hydrogens is 178 g/mol. The second-order valence-corrected chi connectivity index (χ2v) is 3.61. The van der Waals surface area contributed by atoms with Crippen LogP contribution in [0.15, 0.2) is 18.3 Å². The van der Waals surface area contributed by atoms with E-state index >= 15 is 0 Å². The number of hydrogen-bond acceptors (Lipinski definition) is 2. The van der Waals surface area contributed by atoms with Crippen molar-refractivity contribution in [1.29, 1.82) is 0 Å². The van der Waals surface area contributed by atoms with E-state index in [-0.39, 0.29) is 11.7 Å². The summed E-state index contributed by atoms with van der Waals surface area (Å²) in [6.07, 6.45) is 3.33. The van der Waals surface area contributed by atoms with Crippen LogP contribution in [0, 0.1) is 5.92 Å². The van der Waals surface area contributed by atoms with Gasteiger partial charge in [-0.15, -0.1) is 0 Å². The van der Waals surface area contributed by atoms with Gasteiger partial charge in [-0.3, -0.25) is 4.79 Å². The van der Waals surface area contributed by atoms with Crippen LogP contribution in [0.5, 0.6) is 0 Å². The first kappa shape index (κ1) is 10.7. The Morgan fingerprint density at radius 3 is 2.93 bits per heavy atom. The fourth-order valence-electron chi connectivity index (χ4n) is 1.47. The Labute approximate surface area is 83.7 Å². The highest BCUT2D eigenvalue weighted by atomic mass is 16.1. The maximum Gasteiger partial charge on any atom is 0.176 e. The summed E-state index contributed by atoms with van der Waals surface area (Å²) in [5.41, 5.74) is 0.711. The van der Waals surface area contributed by atoms with Gasteiger partial charge in [0, 0.05) is 26.1 Å². The highest BCUT2D eigenvalue weighted by Gasteiger charge is 2.08. The van der Waals surface area contributed by atoms with Gasteiger partial charge in [-0.1, -0.05) is 6.92 Å². The summed E-state index contributed by atoms with van der Waals surface area (Å²) in [5.74, 6) is 0.339. The van der Waals surface area contributed by atoms with Crippen molar-refractivity contribution >= 4 is 12.1 Å². The molecule has 1 atom stereocenters. The van der Waals surface area contributed by atoms with Gasteiger partial charge in [-0.05, 0) is 18.1 Å². The average molecular weight is 193 g/mol. The topological polar surface area (TPSA) is 39.1 Å². The van der Waals surface area contributed by atoms with E-state index in [2.05, 4.69) is 0 Å². The van der Waals surface area contributed by atoms with Crippen LogP contribution >= 0.6 is 0 Å². The molecule has 0 aliphatic rings. The summed E-state index contributed by atoms with van der Waals surface area (Å²) in [6.45, 7) is 4.27. The van der Waals surface area contributed by atoms with Gasteiger partial charge >= 0.3 is 0 Å². The molecule has 0 aliphatic carbocycles. The molecule has 3 heteroatoms. The number of Topliss-reactive ketones (excluding diaryl/α,β-unsaturated/α-hetero) is 1. The average Bonchev–Trinajstić information content (AvgIpc) is 2.52. The maximum atomic E-state index is 11.2. The first-order chi connectivity index (χ1) is 6.65. The van der Waals surface area contributed by atoms with Gasteiger partial charge in [0.1, 0.15) is 6.29 Å². The van der Waals surface area contributed by atoms with Crippen LogP contribution in [0.2, 0.25) is 0 Å². The SMILES string of the molecule is CC(=O)c1cccn1CC(C)CC=O. The number of carbonyl (C=O) groups is 2. The largest absolute Gasteiger partial charge is 0.345 e. The minimum Gasteiger partial charge on any atom is -0.345 e. The van der Waals surface area contributed by atoms with Crippen LogP contribution in [-0.2, 0) is 11.3 Å². The number of hydrogen-bond donors (Lipinski definition) is 0. The lowest BCUT2D eigenvalue weighted by Crippen LogP contribution is -2.11. The summed E-state index contributed by atoms with van der Waals surface area (Å²) in [5, 5.41) is 0. The van der Waals surface area contributed by atoms with Crippen molar-refractivity contribution in [2.75, 3.05) is 0 Å². The molecule has 1 heterocycles. The second kappa shape index (κ2) is 4.74. The number of ketones is 1. The van der Waals surface area contributed by atoms with Crippen LogP contribution < -0.4 is 0 Å². The van der Waals surface area contributed by atoms with E-state index in [1.165, 1.54) is 0 Å². The van der Waals surface area contributed by atoms with E-state index in [0.717, 1.165) is 12.8 Å². The number of carbonyl (C=O) groups excluding carboxylic acids is 2. The summed E-state index contributed by atoms with van der Waals surface area (Å²) >= 11 is 0. The Bertz CT molecular complexity index is 328. The van der Waals surface area contributed by atoms with E-state index < -0.39 is 0 Å². The van der Waals surface area contributed by atoms with E-state index in [1.54, 1.807) is 13.0 Å². The monoisotopic (exact) mass is 193 g/mol. The third-order valence-corrected chi connectivity index (χ3v) is 2.20. The van der Waals surface area contributed by atoms with Gasteiger partial charge in [0.05, 0.1) is 5.69 Å². The lowest BCUT2D eigenvalue weighted by Gasteiger charge is -2.11. The van der Waals surface area contributed by atoms with Gasteiger partial charge in [0.25, 0.3) is 0 Å². The molecule has 0 saturated heterocycles. The molecule has 0 aromatic carbocycles. The van der Waals surface area contributed by atoms with Crippen LogP contribution in [0.25, 0.3) is 0 Å². The molecule has 0 aliphatic heterocycles. The molecule has 0 saturated carbocycles. The summed E-state index contributed by atoms with van der Waals surface area (Å²) < 4.78 is 1.90. The molecule has 1 rings (SSSR count). The Balaban J connectivity index is 2.70. The number of aldehydes is 1. The van der Waals surface area contributed by atoms with Gasteiger partial charge in [-0.2, -0.15) is 0 Å². The molecule has 1 unspecified atom stereocenters. The zero-order valence-corrected chi connectivity index (χ0v) is 8.56. The Hall–Kier alpha value is -1.38. The highest BCUT2D eigenvalue weighted by molar-refractivity contribution is 5.92. The third kappa shape index (κ3) is 2.55. The normalized spacial score (nSPS) is 12.4. The summed E-state index contributed by atoms with van der Waals surface area (Å²) in [6, 6.07) is 3.65. The number of nitrogens with zero attached hydrogens (tertiary/aromatic N) is 1. The van der Waals surface area contributed by atoms with Gasteiger partial charge in [0.2, 0.25) is 0 Å². The van der Waals surface area contributed by atoms with Crippen LogP contribution in [0.1, 0.15) is 30.8 Å². The van der Waals surface area contributed by atoms with Crippen LogP contribution in [0.3, 0.4) is 0 Å². The minimum atomic E-state index is 0.0632. The Morgan fingerprint density at radius 1 is 1.64 bits per heavy atom. The molecule has 0 N–H and O–H groups in total. The minimum absolute atomic E-state index is 0.0632. The highest BCUT2D eigenvalue weighted by Crippen LogP contribution is 2.09. The van der Waals surface area contributed by atoms with E-state index in [0.29, 0.717) is 12.1 Å². The molecule has 3 nitrogen and oxygen atoms in total.